The van der Waals surface area contributed by atoms with E-state index in [1.165, 1.54) is 37.7 Å². The number of hydrogen-bond acceptors (Lipinski definition) is 2. The number of carbonyl (C=O) groups is 1. The lowest BCUT2D eigenvalue weighted by molar-refractivity contribution is -0.00942. The Hall–Kier alpha value is -1.71. The predicted octanol–water partition coefficient (Wildman–Crippen LogP) is 3.50. The van der Waals surface area contributed by atoms with Crippen LogP contribution in [-0.4, -0.2) is 25.2 Å². The summed E-state index contributed by atoms with van der Waals surface area (Å²) in [6.07, 6.45) is 6.76. The van der Waals surface area contributed by atoms with Crippen LogP contribution in [0.5, 0.6) is 5.75 Å². The van der Waals surface area contributed by atoms with Crippen LogP contribution in [-0.2, 0) is 0 Å². The Labute approximate surface area is 144 Å². The van der Waals surface area contributed by atoms with Gasteiger partial charge in [-0.3, -0.25) is 0 Å². The second kappa shape index (κ2) is 6.66. The van der Waals surface area contributed by atoms with E-state index < -0.39 is 0 Å². The zero-order valence-electron chi connectivity index (χ0n) is 14.5. The van der Waals surface area contributed by atoms with Gasteiger partial charge in [0.1, 0.15) is 12.4 Å². The molecular formula is C20H28N2O2. The lowest BCUT2D eigenvalue weighted by Crippen LogP contribution is -2.57. The highest BCUT2D eigenvalue weighted by atomic mass is 16.5. The van der Waals surface area contributed by atoms with E-state index in [-0.39, 0.29) is 6.03 Å². The van der Waals surface area contributed by atoms with Gasteiger partial charge in [0.15, 0.2) is 0 Å². The van der Waals surface area contributed by atoms with E-state index in [1.54, 1.807) is 0 Å². The fourth-order valence-electron chi connectivity index (χ4n) is 5.40. The molecule has 0 spiro atoms. The van der Waals surface area contributed by atoms with Gasteiger partial charge >= 0.3 is 6.03 Å². The van der Waals surface area contributed by atoms with E-state index in [0.717, 1.165) is 29.4 Å². The minimum atomic E-state index is -0.0275. The Balaban J connectivity index is 1.20. The second-order valence-corrected chi connectivity index (χ2v) is 8.02. The topological polar surface area (TPSA) is 50.4 Å². The molecule has 4 fully saturated rings. The van der Waals surface area contributed by atoms with Gasteiger partial charge in [0.25, 0.3) is 0 Å². The maximum atomic E-state index is 12.2. The summed E-state index contributed by atoms with van der Waals surface area (Å²) < 4.78 is 5.68. The van der Waals surface area contributed by atoms with Crippen LogP contribution in [0.4, 0.5) is 4.79 Å². The number of carbonyl (C=O) groups excluding carboxylic acids is 1. The average molecular weight is 328 g/mol. The zero-order valence-corrected chi connectivity index (χ0v) is 14.5. The summed E-state index contributed by atoms with van der Waals surface area (Å²) in [4.78, 5) is 12.2. The van der Waals surface area contributed by atoms with Crippen molar-refractivity contribution in [3.8, 4) is 5.75 Å². The summed E-state index contributed by atoms with van der Waals surface area (Å²) in [5.74, 6) is 4.18. The Kier molecular flexibility index (Phi) is 4.38. The average Bonchev–Trinajstić information content (AvgIpc) is 2.54. The molecule has 5 rings (SSSR count). The highest BCUT2D eigenvalue weighted by Crippen LogP contribution is 2.53. The maximum Gasteiger partial charge on any atom is 0.315 e. The van der Waals surface area contributed by atoms with Gasteiger partial charge in [0.05, 0.1) is 6.54 Å². The first-order valence-electron chi connectivity index (χ1n) is 9.41. The van der Waals surface area contributed by atoms with E-state index in [4.69, 9.17) is 4.74 Å². The molecule has 0 heterocycles. The van der Waals surface area contributed by atoms with Gasteiger partial charge in [-0.2, -0.15) is 0 Å². The molecule has 0 aromatic heterocycles. The standard InChI is InChI=1S/C20H28N2O2/c1-13-3-2-4-18(7-13)24-6-5-21-20(23)22-19-16-9-14-8-15(11-16)12-17(19)10-14/h2-4,7,14-17,19H,5-6,8-12H2,1H3,(H2,21,22,23). The van der Waals surface area contributed by atoms with Crippen LogP contribution >= 0.6 is 0 Å². The highest BCUT2D eigenvalue weighted by molar-refractivity contribution is 5.74. The SMILES string of the molecule is Cc1cccc(OCCNC(=O)NC2C3CC4CC(C3)CC2C4)c1. The van der Waals surface area contributed by atoms with Crippen molar-refractivity contribution in [3.05, 3.63) is 29.8 Å². The third-order valence-corrected chi connectivity index (χ3v) is 6.17. The molecule has 0 saturated heterocycles. The summed E-state index contributed by atoms with van der Waals surface area (Å²) >= 11 is 0. The summed E-state index contributed by atoms with van der Waals surface area (Å²) in [6, 6.07) is 8.35. The first-order chi connectivity index (χ1) is 11.7. The third-order valence-electron chi connectivity index (χ3n) is 6.17. The molecule has 4 bridgehead atoms. The first-order valence-corrected chi connectivity index (χ1v) is 9.41. The molecule has 0 radical (unpaired) electrons. The summed E-state index contributed by atoms with van der Waals surface area (Å²) in [7, 11) is 0. The molecule has 2 amide bonds. The number of hydrogen-bond donors (Lipinski definition) is 2. The molecule has 1 aromatic carbocycles. The first kappa shape index (κ1) is 15.8. The molecule has 1 aromatic rings. The Morgan fingerprint density at radius 2 is 1.83 bits per heavy atom. The van der Waals surface area contributed by atoms with Gasteiger partial charge in [-0.05, 0) is 80.4 Å². The van der Waals surface area contributed by atoms with E-state index in [1.807, 2.05) is 31.2 Å². The van der Waals surface area contributed by atoms with Crippen LogP contribution in [0.15, 0.2) is 24.3 Å². The highest BCUT2D eigenvalue weighted by Gasteiger charge is 2.48. The molecule has 4 heteroatoms. The van der Waals surface area contributed by atoms with E-state index >= 15 is 0 Å². The van der Waals surface area contributed by atoms with Crippen molar-refractivity contribution in [1.29, 1.82) is 0 Å². The summed E-state index contributed by atoms with van der Waals surface area (Å²) in [6.45, 7) is 3.08. The molecule has 24 heavy (non-hydrogen) atoms. The molecular weight excluding hydrogens is 300 g/mol. The van der Waals surface area contributed by atoms with Crippen molar-refractivity contribution in [2.45, 2.75) is 45.1 Å². The van der Waals surface area contributed by atoms with Crippen LogP contribution in [0, 0.1) is 30.6 Å². The van der Waals surface area contributed by atoms with Gasteiger partial charge in [-0.15, -0.1) is 0 Å². The summed E-state index contributed by atoms with van der Waals surface area (Å²) in [5.41, 5.74) is 1.18. The van der Waals surface area contributed by atoms with Crippen LogP contribution < -0.4 is 15.4 Å². The lowest BCUT2D eigenvalue weighted by atomic mass is 9.54. The molecule has 2 N–H and O–H groups in total. The van der Waals surface area contributed by atoms with Crippen molar-refractivity contribution < 1.29 is 9.53 Å². The zero-order chi connectivity index (χ0) is 16.5. The fourth-order valence-corrected chi connectivity index (χ4v) is 5.40. The quantitative estimate of drug-likeness (QED) is 0.813. The third kappa shape index (κ3) is 3.38. The molecule has 4 saturated carbocycles. The minimum absolute atomic E-state index is 0.0275. The predicted molar refractivity (Wildman–Crippen MR) is 94.0 cm³/mol. The maximum absolute atomic E-state index is 12.2. The number of benzene rings is 1. The van der Waals surface area contributed by atoms with E-state index in [2.05, 4.69) is 10.6 Å². The minimum Gasteiger partial charge on any atom is -0.492 e. The van der Waals surface area contributed by atoms with Gasteiger partial charge in [0.2, 0.25) is 0 Å². The Morgan fingerprint density at radius 1 is 1.12 bits per heavy atom. The van der Waals surface area contributed by atoms with E-state index in [0.29, 0.717) is 19.2 Å². The number of nitrogens with one attached hydrogen (secondary N) is 2. The molecule has 4 aliphatic carbocycles. The van der Waals surface area contributed by atoms with Gasteiger partial charge in [0, 0.05) is 6.04 Å². The lowest BCUT2D eigenvalue weighted by Gasteiger charge is -2.54. The molecule has 4 nitrogen and oxygen atoms in total. The van der Waals surface area contributed by atoms with Crippen molar-refractivity contribution in [2.75, 3.05) is 13.2 Å². The normalized spacial score (nSPS) is 33.3. The van der Waals surface area contributed by atoms with Crippen LogP contribution in [0.1, 0.15) is 37.7 Å². The Morgan fingerprint density at radius 3 is 2.50 bits per heavy atom. The molecule has 0 aliphatic heterocycles. The van der Waals surface area contributed by atoms with Crippen molar-refractivity contribution >= 4 is 6.03 Å². The fraction of sp³-hybridized carbons (Fsp3) is 0.650. The Bertz CT molecular complexity index is 573. The number of amides is 2. The smallest absolute Gasteiger partial charge is 0.315 e. The molecule has 4 aliphatic rings. The molecule has 130 valence electrons. The number of rotatable bonds is 5. The van der Waals surface area contributed by atoms with Gasteiger partial charge in [-0.25, -0.2) is 4.79 Å². The van der Waals surface area contributed by atoms with Crippen molar-refractivity contribution in [3.63, 3.8) is 0 Å². The number of urea groups is 1. The largest absolute Gasteiger partial charge is 0.492 e. The van der Waals surface area contributed by atoms with Gasteiger partial charge < -0.3 is 15.4 Å². The van der Waals surface area contributed by atoms with Crippen LogP contribution in [0.25, 0.3) is 0 Å². The summed E-state index contributed by atoms with van der Waals surface area (Å²) in [5, 5.41) is 6.22. The molecule has 0 atom stereocenters. The second-order valence-electron chi connectivity index (χ2n) is 8.02. The van der Waals surface area contributed by atoms with Crippen molar-refractivity contribution in [1.82, 2.24) is 10.6 Å². The van der Waals surface area contributed by atoms with E-state index in [9.17, 15) is 4.79 Å². The van der Waals surface area contributed by atoms with Crippen molar-refractivity contribution in [2.24, 2.45) is 23.7 Å². The number of ether oxygens (including phenoxy) is 1. The monoisotopic (exact) mass is 328 g/mol. The van der Waals surface area contributed by atoms with Gasteiger partial charge in [-0.1, -0.05) is 12.1 Å². The molecule has 0 unspecified atom stereocenters. The van der Waals surface area contributed by atoms with Crippen LogP contribution in [0.3, 0.4) is 0 Å². The number of aryl methyl sites for hydroxylation is 1. The van der Waals surface area contributed by atoms with Crippen LogP contribution in [0.2, 0.25) is 0 Å².